The smallest absolute Gasteiger partial charge is 0.417 e. The zero-order valence-electron chi connectivity index (χ0n) is 23.5. The van der Waals surface area contributed by atoms with E-state index in [0.717, 1.165) is 47.5 Å². The molecule has 2 aliphatic rings. The molecular formula is C36H34N2O3. The Labute approximate surface area is 241 Å². The quantitative estimate of drug-likeness (QED) is 0.227. The molecule has 0 N–H and O–H groups in total. The Morgan fingerprint density at radius 2 is 1.44 bits per heavy atom. The molecule has 2 amide bonds. The van der Waals surface area contributed by atoms with Gasteiger partial charge in [0, 0.05) is 30.3 Å². The molecule has 0 aromatic heterocycles. The summed E-state index contributed by atoms with van der Waals surface area (Å²) in [6.45, 7) is 5.81. The molecule has 4 aromatic rings. The number of hydrogen-bond donors (Lipinski definition) is 0. The number of cyclic esters (lactones) is 1. The molecule has 5 heteroatoms. The van der Waals surface area contributed by atoms with Crippen molar-refractivity contribution in [3.05, 3.63) is 143 Å². The second-order valence-electron chi connectivity index (χ2n) is 10.8. The monoisotopic (exact) mass is 542 g/mol. The van der Waals surface area contributed by atoms with E-state index in [2.05, 4.69) is 78.6 Å². The molecule has 1 aliphatic carbocycles. The van der Waals surface area contributed by atoms with Crippen molar-refractivity contribution in [2.45, 2.75) is 45.3 Å². The van der Waals surface area contributed by atoms with Gasteiger partial charge in [-0.15, -0.1) is 0 Å². The van der Waals surface area contributed by atoms with E-state index < -0.39 is 12.1 Å². The van der Waals surface area contributed by atoms with Crippen LogP contribution >= 0.6 is 0 Å². The van der Waals surface area contributed by atoms with Crippen LogP contribution in [0.5, 0.6) is 0 Å². The Kier molecular flexibility index (Phi) is 7.43. The second kappa shape index (κ2) is 11.5. The molecule has 1 heterocycles. The predicted octanol–water partition coefficient (Wildman–Crippen LogP) is 7.89. The van der Waals surface area contributed by atoms with E-state index in [1.54, 1.807) is 0 Å². The van der Waals surface area contributed by atoms with Gasteiger partial charge in [0.25, 0.3) is 5.91 Å². The number of hydrogen-bond acceptors (Lipinski definition) is 4. The van der Waals surface area contributed by atoms with E-state index in [4.69, 9.17) is 4.74 Å². The van der Waals surface area contributed by atoms with Crippen molar-refractivity contribution in [1.82, 2.24) is 4.90 Å². The van der Waals surface area contributed by atoms with Crippen molar-refractivity contribution in [2.75, 3.05) is 11.5 Å². The van der Waals surface area contributed by atoms with Crippen LogP contribution in [0.4, 0.5) is 10.5 Å². The summed E-state index contributed by atoms with van der Waals surface area (Å²) in [6, 6.07) is 36.7. The van der Waals surface area contributed by atoms with Gasteiger partial charge in [-0.3, -0.25) is 4.79 Å². The molecule has 5 nitrogen and oxygen atoms in total. The number of anilines is 1. The molecule has 0 spiro atoms. The van der Waals surface area contributed by atoms with Gasteiger partial charge in [-0.2, -0.15) is 0 Å². The Bertz CT molecular complexity index is 1540. The molecule has 4 aromatic carbocycles. The molecule has 0 unspecified atom stereocenters. The van der Waals surface area contributed by atoms with Crippen molar-refractivity contribution < 1.29 is 14.3 Å². The first-order valence-electron chi connectivity index (χ1n) is 14.3. The number of nitrogens with zero attached hydrogens (tertiary/aromatic N) is 2. The van der Waals surface area contributed by atoms with Crippen LogP contribution in [0.3, 0.4) is 0 Å². The SMILES string of the molecule is CC[C@@H]1C(C(=O)N2C(=O)OC[C@@H]2c2ccccc2)=C(C)c2ccc(N(Cc3ccccc3)Cc3ccccc3)cc21. The van der Waals surface area contributed by atoms with Crippen molar-refractivity contribution in [1.29, 1.82) is 0 Å². The van der Waals surface area contributed by atoms with Crippen LogP contribution in [-0.4, -0.2) is 23.5 Å². The maximum atomic E-state index is 14.1. The number of imide groups is 1. The van der Waals surface area contributed by atoms with E-state index in [1.807, 2.05) is 49.4 Å². The molecule has 2 atom stereocenters. The largest absolute Gasteiger partial charge is 0.446 e. The van der Waals surface area contributed by atoms with Crippen LogP contribution in [0, 0.1) is 0 Å². The third-order valence-electron chi connectivity index (χ3n) is 8.28. The fraction of sp³-hybridized carbons (Fsp3) is 0.222. The van der Waals surface area contributed by atoms with Crippen LogP contribution in [0.2, 0.25) is 0 Å². The van der Waals surface area contributed by atoms with E-state index in [-0.39, 0.29) is 18.4 Å². The van der Waals surface area contributed by atoms with Gasteiger partial charge < -0.3 is 9.64 Å². The standard InChI is InChI=1S/C36H34N2O3/c1-3-30-32-21-29(37(22-26-13-7-4-8-14-26)23-27-15-9-5-10-16-27)19-20-31(32)25(2)34(30)35(39)38-33(24-41-36(38)40)28-17-11-6-12-18-28/h4-21,30,33H,3,22-24H2,1-2H3/t30-,33+/m0/s1. The van der Waals surface area contributed by atoms with Crippen molar-refractivity contribution in [3.8, 4) is 0 Å². The molecule has 0 saturated carbocycles. The van der Waals surface area contributed by atoms with E-state index in [1.165, 1.54) is 16.0 Å². The molecule has 206 valence electrons. The third kappa shape index (κ3) is 5.16. The second-order valence-corrected chi connectivity index (χ2v) is 10.8. The lowest BCUT2D eigenvalue weighted by molar-refractivity contribution is -0.125. The summed E-state index contributed by atoms with van der Waals surface area (Å²) < 4.78 is 5.40. The van der Waals surface area contributed by atoms with Gasteiger partial charge in [-0.25, -0.2) is 9.69 Å². The molecular weight excluding hydrogens is 508 g/mol. The number of allylic oxidation sites excluding steroid dienone is 1. The van der Waals surface area contributed by atoms with Crippen LogP contribution in [0.1, 0.15) is 60.0 Å². The Morgan fingerprint density at radius 1 is 0.854 bits per heavy atom. The zero-order valence-corrected chi connectivity index (χ0v) is 23.5. The van der Waals surface area contributed by atoms with E-state index in [9.17, 15) is 9.59 Å². The van der Waals surface area contributed by atoms with Crippen LogP contribution in [0.25, 0.3) is 5.57 Å². The maximum absolute atomic E-state index is 14.1. The average Bonchev–Trinajstić information content (AvgIpc) is 3.54. The molecule has 1 aliphatic heterocycles. The minimum absolute atomic E-state index is 0.0995. The molecule has 6 rings (SSSR count). The highest BCUT2D eigenvalue weighted by atomic mass is 16.6. The summed E-state index contributed by atoms with van der Waals surface area (Å²) in [5.41, 5.74) is 8.33. The van der Waals surface area contributed by atoms with Gasteiger partial charge in [0.05, 0.1) is 0 Å². The lowest BCUT2D eigenvalue weighted by Crippen LogP contribution is -2.36. The first-order chi connectivity index (χ1) is 20.0. The first-order valence-corrected chi connectivity index (χ1v) is 14.3. The highest BCUT2D eigenvalue weighted by Crippen LogP contribution is 2.47. The number of fused-ring (bicyclic) bond motifs is 1. The summed E-state index contributed by atoms with van der Waals surface area (Å²) >= 11 is 0. The van der Waals surface area contributed by atoms with Gasteiger partial charge in [-0.1, -0.05) is 104 Å². The number of benzene rings is 4. The fourth-order valence-electron chi connectivity index (χ4n) is 6.21. The van der Waals surface area contributed by atoms with E-state index in [0.29, 0.717) is 5.57 Å². The van der Waals surface area contributed by atoms with Crippen molar-refractivity contribution in [3.63, 3.8) is 0 Å². The number of carbonyl (C=O) groups excluding carboxylic acids is 2. The number of ether oxygens (including phenoxy) is 1. The van der Waals surface area contributed by atoms with Crippen molar-refractivity contribution >= 4 is 23.3 Å². The highest BCUT2D eigenvalue weighted by Gasteiger charge is 2.44. The van der Waals surface area contributed by atoms with Gasteiger partial charge in [0.1, 0.15) is 12.6 Å². The first kappa shape index (κ1) is 26.6. The van der Waals surface area contributed by atoms with Gasteiger partial charge >= 0.3 is 6.09 Å². The molecule has 1 saturated heterocycles. The fourth-order valence-corrected chi connectivity index (χ4v) is 6.21. The summed E-state index contributed by atoms with van der Waals surface area (Å²) in [7, 11) is 0. The minimum atomic E-state index is -0.576. The summed E-state index contributed by atoms with van der Waals surface area (Å²) in [5.74, 6) is -0.355. The zero-order chi connectivity index (χ0) is 28.3. The van der Waals surface area contributed by atoms with Crippen LogP contribution in [-0.2, 0) is 22.6 Å². The average molecular weight is 543 g/mol. The number of amides is 2. The number of carbonyl (C=O) groups is 2. The molecule has 0 bridgehead atoms. The van der Waals surface area contributed by atoms with Gasteiger partial charge in [0.2, 0.25) is 0 Å². The van der Waals surface area contributed by atoms with Gasteiger partial charge in [0.15, 0.2) is 0 Å². The topological polar surface area (TPSA) is 49.9 Å². The van der Waals surface area contributed by atoms with Crippen LogP contribution in [0.15, 0.2) is 115 Å². The lowest BCUT2D eigenvalue weighted by Gasteiger charge is -2.27. The molecule has 0 radical (unpaired) electrons. The normalized spacial score (nSPS) is 17.9. The molecule has 1 fully saturated rings. The third-order valence-corrected chi connectivity index (χ3v) is 8.28. The Balaban J connectivity index is 1.34. The number of rotatable bonds is 8. The Hall–Kier alpha value is -4.64. The summed E-state index contributed by atoms with van der Waals surface area (Å²) in [6.07, 6.45) is 0.179. The van der Waals surface area contributed by atoms with Gasteiger partial charge in [-0.05, 0) is 58.9 Å². The van der Waals surface area contributed by atoms with E-state index >= 15 is 0 Å². The summed E-state index contributed by atoms with van der Waals surface area (Å²) in [5, 5.41) is 0. The minimum Gasteiger partial charge on any atom is -0.446 e. The maximum Gasteiger partial charge on any atom is 0.417 e. The van der Waals surface area contributed by atoms with Crippen LogP contribution < -0.4 is 4.90 Å². The molecule has 41 heavy (non-hydrogen) atoms. The lowest BCUT2D eigenvalue weighted by atomic mass is 9.91. The Morgan fingerprint density at radius 3 is 2.02 bits per heavy atom. The van der Waals surface area contributed by atoms with Crippen molar-refractivity contribution in [2.24, 2.45) is 0 Å². The summed E-state index contributed by atoms with van der Waals surface area (Å²) in [4.78, 5) is 30.7. The predicted molar refractivity (Wildman–Crippen MR) is 162 cm³/mol. The highest BCUT2D eigenvalue weighted by molar-refractivity contribution is 6.11.